The van der Waals surface area contributed by atoms with Gasteiger partial charge in [-0.1, -0.05) is 36.3 Å². The molecule has 2 N–H and O–H groups in total. The molecule has 1 rings (SSSR count). The maximum atomic E-state index is 7.10. The van der Waals surface area contributed by atoms with Crippen LogP contribution in [-0.2, 0) is 0 Å². The van der Waals surface area contributed by atoms with Crippen LogP contribution in [0, 0.1) is 12.3 Å². The summed E-state index contributed by atoms with van der Waals surface area (Å²) in [4.78, 5) is 0. The van der Waals surface area contributed by atoms with Crippen LogP contribution in [0.1, 0.15) is 17.9 Å². The number of hydrogen-bond donors (Lipinski definition) is 1. The number of rotatable bonds is 3. The number of benzene rings is 1. The smallest absolute Gasteiger partial charge is 0.0474 e. The van der Waals surface area contributed by atoms with Crippen molar-refractivity contribution in [2.45, 2.75) is 12.3 Å². The fraction of sp³-hybridized carbons (Fsp3) is 0.273. The molecule has 1 radical (unpaired) electrons. The zero-order chi connectivity index (χ0) is 8.81. The molecule has 1 nitrogen and oxygen atoms in total. The molecule has 0 saturated carbocycles. The maximum Gasteiger partial charge on any atom is 0.0474 e. The van der Waals surface area contributed by atoms with Gasteiger partial charge >= 0.3 is 0 Å². The van der Waals surface area contributed by atoms with Crippen LogP contribution in [0.4, 0.5) is 0 Å². The van der Waals surface area contributed by atoms with Gasteiger partial charge in [0.05, 0.1) is 0 Å². The minimum Gasteiger partial charge on any atom is -0.330 e. The summed E-state index contributed by atoms with van der Waals surface area (Å²) >= 11 is 0. The molecular weight excluding hydrogens is 146 g/mol. The van der Waals surface area contributed by atoms with E-state index in [1.165, 1.54) is 0 Å². The molecule has 0 spiro atoms. The molecule has 0 amide bonds. The molecule has 0 saturated heterocycles. The van der Waals surface area contributed by atoms with E-state index in [0.717, 1.165) is 12.0 Å². The van der Waals surface area contributed by atoms with E-state index < -0.39 is 0 Å². The first kappa shape index (κ1) is 8.83. The van der Waals surface area contributed by atoms with Gasteiger partial charge in [-0.15, -0.1) is 0 Å². The third-order valence-electron chi connectivity index (χ3n) is 1.83. The fourth-order valence-corrected chi connectivity index (χ4v) is 1.17. The van der Waals surface area contributed by atoms with Gasteiger partial charge in [0.2, 0.25) is 0 Å². The summed E-state index contributed by atoms with van der Waals surface area (Å²) in [6, 6.07) is 9.91. The van der Waals surface area contributed by atoms with E-state index in [-0.39, 0.29) is 5.92 Å². The third-order valence-corrected chi connectivity index (χ3v) is 1.83. The molecule has 1 heteroatoms. The van der Waals surface area contributed by atoms with Crippen molar-refractivity contribution < 1.29 is 0 Å². The van der Waals surface area contributed by atoms with E-state index in [9.17, 15) is 0 Å². The molecule has 1 atom stereocenters. The van der Waals surface area contributed by atoms with Crippen molar-refractivity contribution in [3.63, 3.8) is 0 Å². The molecule has 1 unspecified atom stereocenters. The molecule has 1 aromatic carbocycles. The first-order valence-electron chi connectivity index (χ1n) is 4.05. The molecule has 1 aromatic rings. The lowest BCUT2D eigenvalue weighted by molar-refractivity contribution is 0.765. The van der Waals surface area contributed by atoms with E-state index in [4.69, 9.17) is 12.2 Å². The van der Waals surface area contributed by atoms with Crippen LogP contribution in [0.25, 0.3) is 0 Å². The van der Waals surface area contributed by atoms with Crippen molar-refractivity contribution in [3.05, 3.63) is 42.3 Å². The second kappa shape index (κ2) is 4.58. The minimum absolute atomic E-state index is 0.0659. The van der Waals surface area contributed by atoms with Crippen molar-refractivity contribution >= 4 is 0 Å². The normalized spacial score (nSPS) is 12.0. The van der Waals surface area contributed by atoms with Crippen molar-refractivity contribution in [1.29, 1.82) is 0 Å². The Morgan fingerprint density at radius 3 is 2.50 bits per heavy atom. The molecule has 61 valence electrons. The monoisotopic (exact) mass is 158 g/mol. The van der Waals surface area contributed by atoms with Crippen LogP contribution in [0.2, 0.25) is 0 Å². The molecule has 0 aliphatic rings. The SMILES string of the molecule is [C]#CC(CCN)c1ccccc1. The highest BCUT2D eigenvalue weighted by molar-refractivity contribution is 5.25. The van der Waals surface area contributed by atoms with Gasteiger partial charge in [0.25, 0.3) is 0 Å². The fourth-order valence-electron chi connectivity index (χ4n) is 1.17. The average molecular weight is 158 g/mol. The topological polar surface area (TPSA) is 26.0 Å². The molecule has 0 bridgehead atoms. The Morgan fingerprint density at radius 1 is 1.33 bits per heavy atom. The Bertz CT molecular complexity index is 258. The van der Waals surface area contributed by atoms with E-state index in [0.29, 0.717) is 6.54 Å². The van der Waals surface area contributed by atoms with E-state index in [2.05, 4.69) is 5.92 Å². The molecular formula is C11H12N. The predicted octanol–water partition coefficient (Wildman–Crippen LogP) is 1.71. The van der Waals surface area contributed by atoms with Crippen LogP contribution in [-0.4, -0.2) is 6.54 Å². The Morgan fingerprint density at radius 2 is 2.00 bits per heavy atom. The Labute approximate surface area is 73.6 Å². The van der Waals surface area contributed by atoms with Crippen LogP contribution < -0.4 is 5.73 Å². The Kier molecular flexibility index (Phi) is 3.37. The van der Waals surface area contributed by atoms with Gasteiger partial charge in [0.1, 0.15) is 0 Å². The van der Waals surface area contributed by atoms with Gasteiger partial charge in [-0.25, -0.2) is 0 Å². The molecule has 12 heavy (non-hydrogen) atoms. The van der Waals surface area contributed by atoms with Crippen LogP contribution >= 0.6 is 0 Å². The van der Waals surface area contributed by atoms with Gasteiger partial charge < -0.3 is 5.73 Å². The highest BCUT2D eigenvalue weighted by atomic mass is 14.5. The zero-order valence-electron chi connectivity index (χ0n) is 6.96. The van der Waals surface area contributed by atoms with Crippen molar-refractivity contribution in [2.75, 3.05) is 6.54 Å². The minimum atomic E-state index is 0.0659. The van der Waals surface area contributed by atoms with Crippen molar-refractivity contribution in [2.24, 2.45) is 5.73 Å². The summed E-state index contributed by atoms with van der Waals surface area (Å²) in [5.74, 6) is 2.56. The summed E-state index contributed by atoms with van der Waals surface area (Å²) in [6.07, 6.45) is 7.89. The summed E-state index contributed by atoms with van der Waals surface area (Å²) in [7, 11) is 0. The average Bonchev–Trinajstić information content (AvgIpc) is 2.15. The molecule has 0 heterocycles. The van der Waals surface area contributed by atoms with Gasteiger partial charge in [-0.3, -0.25) is 0 Å². The lowest BCUT2D eigenvalue weighted by Crippen LogP contribution is -2.05. The van der Waals surface area contributed by atoms with Gasteiger partial charge in [-0.2, -0.15) is 0 Å². The standard InChI is InChI=1S/C11H12N/c1-2-10(8-9-12)11-6-4-3-5-7-11/h3-7,10H,8-9,12H2. The summed E-state index contributed by atoms with van der Waals surface area (Å²) < 4.78 is 0. The second-order valence-electron chi connectivity index (χ2n) is 2.68. The largest absolute Gasteiger partial charge is 0.330 e. The molecule has 0 aliphatic carbocycles. The van der Waals surface area contributed by atoms with E-state index in [1.807, 2.05) is 30.3 Å². The highest BCUT2D eigenvalue weighted by Crippen LogP contribution is 2.16. The zero-order valence-corrected chi connectivity index (χ0v) is 6.96. The first-order valence-corrected chi connectivity index (χ1v) is 4.05. The number of nitrogens with two attached hydrogens (primary N) is 1. The lowest BCUT2D eigenvalue weighted by atomic mass is 9.97. The van der Waals surface area contributed by atoms with Gasteiger partial charge in [0.15, 0.2) is 0 Å². The van der Waals surface area contributed by atoms with Crippen LogP contribution in [0.3, 0.4) is 0 Å². The quantitative estimate of drug-likeness (QED) is 0.666. The van der Waals surface area contributed by atoms with E-state index in [1.54, 1.807) is 0 Å². The summed E-state index contributed by atoms with van der Waals surface area (Å²) in [6.45, 7) is 0.603. The Balaban J connectivity index is 2.75. The van der Waals surface area contributed by atoms with Gasteiger partial charge in [-0.05, 0) is 25.0 Å². The molecule has 0 aliphatic heterocycles. The summed E-state index contributed by atoms with van der Waals surface area (Å²) in [5, 5.41) is 0. The lowest BCUT2D eigenvalue weighted by Gasteiger charge is -2.07. The molecule has 0 aromatic heterocycles. The molecule has 0 fully saturated rings. The van der Waals surface area contributed by atoms with Crippen molar-refractivity contribution in [3.8, 4) is 5.92 Å². The van der Waals surface area contributed by atoms with Crippen molar-refractivity contribution in [1.82, 2.24) is 0 Å². The summed E-state index contributed by atoms with van der Waals surface area (Å²) in [5.41, 5.74) is 6.54. The predicted molar refractivity (Wildman–Crippen MR) is 50.0 cm³/mol. The second-order valence-corrected chi connectivity index (χ2v) is 2.68. The highest BCUT2D eigenvalue weighted by Gasteiger charge is 2.05. The maximum absolute atomic E-state index is 7.10. The van der Waals surface area contributed by atoms with E-state index >= 15 is 0 Å². The van der Waals surface area contributed by atoms with Gasteiger partial charge in [0, 0.05) is 5.92 Å². The third kappa shape index (κ3) is 2.11. The Hall–Kier alpha value is -1.26. The number of hydrogen-bond acceptors (Lipinski definition) is 1. The van der Waals surface area contributed by atoms with Crippen LogP contribution in [0.5, 0.6) is 0 Å². The van der Waals surface area contributed by atoms with Crippen LogP contribution in [0.15, 0.2) is 30.3 Å². The first-order chi connectivity index (χ1) is 5.88.